The van der Waals surface area contributed by atoms with Gasteiger partial charge in [-0.1, -0.05) is 5.16 Å². The number of hydrogen-bond acceptors (Lipinski definition) is 5. The average Bonchev–Trinajstić information content (AvgIpc) is 3.10. The average molecular weight is 345 g/mol. The first-order valence-electron chi connectivity index (χ1n) is 8.60. The Labute approximate surface area is 146 Å². The first kappa shape index (κ1) is 15.8. The van der Waals surface area contributed by atoms with E-state index in [-0.39, 0.29) is 5.91 Å². The number of aryl methyl sites for hydroxylation is 2. The van der Waals surface area contributed by atoms with E-state index in [1.807, 2.05) is 30.1 Å². The van der Waals surface area contributed by atoms with Gasteiger partial charge in [-0.25, -0.2) is 0 Å². The zero-order valence-electron chi connectivity index (χ0n) is 14.2. The molecule has 0 atom stereocenters. The monoisotopic (exact) mass is 345 g/mol. The van der Waals surface area contributed by atoms with Crippen LogP contribution in [0.5, 0.6) is 0 Å². The predicted molar refractivity (Wildman–Crippen MR) is 93.1 cm³/mol. The number of amides is 1. The maximum Gasteiger partial charge on any atom is 0.223 e. The van der Waals surface area contributed by atoms with Gasteiger partial charge in [-0.05, 0) is 43.7 Å². The van der Waals surface area contributed by atoms with Crippen LogP contribution < -0.4 is 0 Å². The van der Waals surface area contributed by atoms with Crippen molar-refractivity contribution < 1.29 is 9.32 Å². The highest BCUT2D eigenvalue weighted by molar-refractivity contribution is 7.10. The Hall–Kier alpha value is -1.66. The van der Waals surface area contributed by atoms with Crippen LogP contribution in [0.2, 0.25) is 0 Å². The first-order valence-corrected chi connectivity index (χ1v) is 9.48. The second-order valence-corrected chi connectivity index (χ2v) is 7.85. The van der Waals surface area contributed by atoms with E-state index in [1.54, 1.807) is 0 Å². The summed E-state index contributed by atoms with van der Waals surface area (Å²) in [6, 6.07) is 2.78. The lowest BCUT2D eigenvalue weighted by Crippen LogP contribution is -2.61. The molecule has 6 heteroatoms. The number of carbonyl (C=O) groups excluding carboxylic acids is 1. The molecule has 0 bridgehead atoms. The standard InChI is InChI=1S/C18H23N3O2S/c1-12-16(13(2)23-19-12)3-4-18(22)21-10-15(11-21)20-7-5-17-14(9-20)6-8-24-17/h6,8,15H,3-5,7,9-11H2,1-2H3. The molecular formula is C18H23N3O2S. The fourth-order valence-corrected chi connectivity index (χ4v) is 4.61. The summed E-state index contributed by atoms with van der Waals surface area (Å²) in [7, 11) is 0. The molecule has 0 N–H and O–H groups in total. The molecule has 1 saturated heterocycles. The van der Waals surface area contributed by atoms with Gasteiger partial charge < -0.3 is 9.42 Å². The van der Waals surface area contributed by atoms with Gasteiger partial charge in [0.15, 0.2) is 0 Å². The van der Waals surface area contributed by atoms with E-state index in [0.29, 0.717) is 12.5 Å². The van der Waals surface area contributed by atoms with E-state index in [2.05, 4.69) is 21.5 Å². The van der Waals surface area contributed by atoms with Crippen molar-refractivity contribution in [3.05, 3.63) is 38.9 Å². The Morgan fingerprint density at radius 1 is 1.42 bits per heavy atom. The Bertz CT molecular complexity index is 726. The molecule has 2 aromatic rings. The SMILES string of the molecule is Cc1noc(C)c1CCC(=O)N1CC(N2CCc3sccc3C2)C1. The third-order valence-electron chi connectivity index (χ3n) is 5.34. The molecule has 0 unspecified atom stereocenters. The fraction of sp³-hybridized carbons (Fsp3) is 0.556. The predicted octanol–water partition coefficient (Wildman–Crippen LogP) is 2.55. The number of hydrogen-bond donors (Lipinski definition) is 0. The third-order valence-corrected chi connectivity index (χ3v) is 6.36. The molecule has 0 aliphatic carbocycles. The molecular weight excluding hydrogens is 322 g/mol. The number of carbonyl (C=O) groups is 1. The highest BCUT2D eigenvalue weighted by atomic mass is 32.1. The molecule has 0 aromatic carbocycles. The highest BCUT2D eigenvalue weighted by Crippen LogP contribution is 2.28. The fourth-order valence-electron chi connectivity index (χ4n) is 3.72. The molecule has 0 radical (unpaired) electrons. The summed E-state index contributed by atoms with van der Waals surface area (Å²) in [5.41, 5.74) is 3.47. The van der Waals surface area contributed by atoms with Crippen LogP contribution in [0, 0.1) is 13.8 Å². The van der Waals surface area contributed by atoms with Crippen LogP contribution in [0.25, 0.3) is 0 Å². The van der Waals surface area contributed by atoms with Gasteiger partial charge in [0.25, 0.3) is 0 Å². The number of thiophene rings is 1. The maximum absolute atomic E-state index is 12.4. The summed E-state index contributed by atoms with van der Waals surface area (Å²) in [6.07, 6.45) is 2.43. The van der Waals surface area contributed by atoms with Crippen LogP contribution in [0.3, 0.4) is 0 Å². The van der Waals surface area contributed by atoms with E-state index in [0.717, 1.165) is 56.0 Å². The van der Waals surface area contributed by atoms with E-state index >= 15 is 0 Å². The molecule has 2 aliphatic heterocycles. The summed E-state index contributed by atoms with van der Waals surface area (Å²) in [6.45, 7) is 7.77. The zero-order chi connectivity index (χ0) is 16.7. The second kappa shape index (κ2) is 6.33. The number of aromatic nitrogens is 1. The van der Waals surface area contributed by atoms with Crippen LogP contribution in [0.1, 0.15) is 33.9 Å². The van der Waals surface area contributed by atoms with Crippen LogP contribution in [-0.2, 0) is 24.2 Å². The van der Waals surface area contributed by atoms with Crippen molar-refractivity contribution in [1.82, 2.24) is 15.0 Å². The molecule has 5 nitrogen and oxygen atoms in total. The van der Waals surface area contributed by atoms with E-state index in [9.17, 15) is 4.79 Å². The van der Waals surface area contributed by atoms with Gasteiger partial charge >= 0.3 is 0 Å². The molecule has 2 aliphatic rings. The van der Waals surface area contributed by atoms with Crippen molar-refractivity contribution in [2.24, 2.45) is 0 Å². The summed E-state index contributed by atoms with van der Waals surface area (Å²) in [4.78, 5) is 18.5. The maximum atomic E-state index is 12.4. The quantitative estimate of drug-likeness (QED) is 0.854. The minimum Gasteiger partial charge on any atom is -0.361 e. The molecule has 1 fully saturated rings. The van der Waals surface area contributed by atoms with Gasteiger partial charge in [-0.3, -0.25) is 9.69 Å². The lowest BCUT2D eigenvalue weighted by atomic mass is 10.0. The number of fused-ring (bicyclic) bond motifs is 1. The van der Waals surface area contributed by atoms with Crippen molar-refractivity contribution in [3.8, 4) is 0 Å². The van der Waals surface area contributed by atoms with Crippen molar-refractivity contribution in [2.75, 3.05) is 19.6 Å². The van der Waals surface area contributed by atoms with Crippen molar-refractivity contribution >= 4 is 17.2 Å². The molecule has 1 amide bonds. The normalized spacial score (nSPS) is 18.5. The van der Waals surface area contributed by atoms with E-state index < -0.39 is 0 Å². The smallest absolute Gasteiger partial charge is 0.223 e. The van der Waals surface area contributed by atoms with Crippen LogP contribution >= 0.6 is 11.3 Å². The third kappa shape index (κ3) is 2.89. The number of nitrogens with zero attached hydrogens (tertiary/aromatic N) is 3. The second-order valence-electron chi connectivity index (χ2n) is 6.84. The van der Waals surface area contributed by atoms with Crippen molar-refractivity contribution in [3.63, 3.8) is 0 Å². The molecule has 128 valence electrons. The molecule has 0 saturated carbocycles. The van der Waals surface area contributed by atoms with Gasteiger partial charge in [0, 0.05) is 49.1 Å². The highest BCUT2D eigenvalue weighted by Gasteiger charge is 2.35. The summed E-state index contributed by atoms with van der Waals surface area (Å²) in [5, 5.41) is 6.15. The molecule has 0 spiro atoms. The molecule has 4 heterocycles. The Morgan fingerprint density at radius 2 is 2.25 bits per heavy atom. The Balaban J connectivity index is 1.26. The zero-order valence-corrected chi connectivity index (χ0v) is 15.1. The lowest BCUT2D eigenvalue weighted by molar-refractivity contribution is -0.138. The minimum atomic E-state index is 0.250. The summed E-state index contributed by atoms with van der Waals surface area (Å²) < 4.78 is 5.17. The van der Waals surface area contributed by atoms with Gasteiger partial charge in [0.05, 0.1) is 5.69 Å². The Morgan fingerprint density at radius 3 is 3.00 bits per heavy atom. The van der Waals surface area contributed by atoms with E-state index in [1.165, 1.54) is 10.4 Å². The topological polar surface area (TPSA) is 49.6 Å². The van der Waals surface area contributed by atoms with Crippen molar-refractivity contribution in [1.29, 1.82) is 0 Å². The summed E-state index contributed by atoms with van der Waals surface area (Å²) in [5.74, 6) is 1.08. The van der Waals surface area contributed by atoms with Crippen LogP contribution in [-0.4, -0.2) is 46.5 Å². The minimum absolute atomic E-state index is 0.250. The van der Waals surface area contributed by atoms with Gasteiger partial charge in [0.1, 0.15) is 5.76 Å². The van der Waals surface area contributed by atoms with E-state index in [4.69, 9.17) is 4.52 Å². The van der Waals surface area contributed by atoms with Crippen LogP contribution in [0.4, 0.5) is 0 Å². The largest absolute Gasteiger partial charge is 0.361 e. The Kier molecular flexibility index (Phi) is 4.18. The lowest BCUT2D eigenvalue weighted by Gasteiger charge is -2.46. The molecule has 24 heavy (non-hydrogen) atoms. The van der Waals surface area contributed by atoms with Gasteiger partial charge in [-0.2, -0.15) is 0 Å². The molecule has 2 aromatic heterocycles. The summed E-state index contributed by atoms with van der Waals surface area (Å²) >= 11 is 1.87. The van der Waals surface area contributed by atoms with Gasteiger partial charge in [0.2, 0.25) is 5.91 Å². The molecule has 4 rings (SSSR count). The van der Waals surface area contributed by atoms with Gasteiger partial charge in [-0.15, -0.1) is 11.3 Å². The number of likely N-dealkylation sites (tertiary alicyclic amines) is 1. The van der Waals surface area contributed by atoms with Crippen molar-refractivity contribution in [2.45, 2.75) is 45.7 Å². The van der Waals surface area contributed by atoms with Crippen LogP contribution in [0.15, 0.2) is 16.0 Å². The number of rotatable bonds is 4. The first-order chi connectivity index (χ1) is 11.6.